The van der Waals surface area contributed by atoms with Gasteiger partial charge in [-0.2, -0.15) is 10.4 Å². The molecule has 5 rings (SSSR count). The Hall–Kier alpha value is -1.67. The molecule has 1 N–H and O–H groups in total. The van der Waals surface area contributed by atoms with E-state index in [1.54, 1.807) is 17.1 Å². The Bertz CT molecular complexity index is 961. The van der Waals surface area contributed by atoms with Gasteiger partial charge in [0, 0.05) is 25.1 Å². The fourth-order valence-electron chi connectivity index (χ4n) is 9.41. The second-order valence-electron chi connectivity index (χ2n) is 13.1. The molecule has 0 aliphatic heterocycles. The molecular formula is C29H43N3O2. The van der Waals surface area contributed by atoms with Gasteiger partial charge in [-0.15, -0.1) is 0 Å². The van der Waals surface area contributed by atoms with Crippen molar-refractivity contribution in [3.8, 4) is 6.07 Å². The standard InChI is InChI=1S/C29H43N3O2/c1-27(34)12-5-13-28(2)21(16-27)8-9-22-23-6-4-7-25(29(23,3)14-10-24(22)28)26(33)11-15-32-19-20(17-30)18-31-32/h18-19,21-25,34H,4-16H2,1-3H3/t21-,22-,23-,24-,25+,27+,28-,29-/m0/s1. The first-order valence-electron chi connectivity index (χ1n) is 13.8. The van der Waals surface area contributed by atoms with Gasteiger partial charge in [0.1, 0.15) is 11.9 Å². The minimum Gasteiger partial charge on any atom is -0.390 e. The van der Waals surface area contributed by atoms with Gasteiger partial charge in [-0.05, 0) is 99.2 Å². The number of carbonyl (C=O) groups is 1. The van der Waals surface area contributed by atoms with Gasteiger partial charge in [-0.1, -0.05) is 26.7 Å². The first kappa shape index (κ1) is 24.0. The van der Waals surface area contributed by atoms with Crippen molar-refractivity contribution in [1.82, 2.24) is 9.78 Å². The second-order valence-corrected chi connectivity index (χ2v) is 13.1. The van der Waals surface area contributed by atoms with Gasteiger partial charge in [0.2, 0.25) is 0 Å². The molecule has 0 bridgehead atoms. The molecule has 0 unspecified atom stereocenters. The van der Waals surface area contributed by atoms with Gasteiger partial charge < -0.3 is 5.11 Å². The number of hydrogen-bond acceptors (Lipinski definition) is 4. The van der Waals surface area contributed by atoms with Crippen LogP contribution in [0.1, 0.15) is 103 Å². The lowest BCUT2D eigenvalue weighted by Gasteiger charge is -2.62. The Balaban J connectivity index is 1.32. The number of fused-ring (bicyclic) bond motifs is 5. The summed E-state index contributed by atoms with van der Waals surface area (Å²) in [6, 6.07) is 2.12. The lowest BCUT2D eigenvalue weighted by molar-refractivity contribution is -0.153. The van der Waals surface area contributed by atoms with Gasteiger partial charge >= 0.3 is 0 Å². The van der Waals surface area contributed by atoms with Gasteiger partial charge in [0.05, 0.1) is 17.4 Å². The molecule has 0 spiro atoms. The molecule has 5 nitrogen and oxygen atoms in total. The van der Waals surface area contributed by atoms with Gasteiger partial charge in [0.15, 0.2) is 0 Å². The maximum absolute atomic E-state index is 13.5. The highest BCUT2D eigenvalue weighted by Crippen LogP contribution is 2.66. The summed E-state index contributed by atoms with van der Waals surface area (Å²) in [5, 5.41) is 24.2. The second kappa shape index (κ2) is 8.77. The lowest BCUT2D eigenvalue weighted by atomic mass is 9.42. The maximum Gasteiger partial charge on any atom is 0.138 e. The highest BCUT2D eigenvalue weighted by molar-refractivity contribution is 5.82. The summed E-state index contributed by atoms with van der Waals surface area (Å²) < 4.78 is 1.75. The van der Waals surface area contributed by atoms with Crippen molar-refractivity contribution in [1.29, 1.82) is 5.26 Å². The van der Waals surface area contributed by atoms with Crippen LogP contribution in [0.5, 0.6) is 0 Å². The summed E-state index contributed by atoms with van der Waals surface area (Å²) in [6.07, 6.45) is 16.6. The average Bonchev–Trinajstić information content (AvgIpc) is 3.21. The lowest BCUT2D eigenvalue weighted by Crippen LogP contribution is -2.56. The quantitative estimate of drug-likeness (QED) is 0.600. The van der Waals surface area contributed by atoms with Gasteiger partial charge in [-0.3, -0.25) is 9.48 Å². The van der Waals surface area contributed by atoms with Crippen LogP contribution in [0.3, 0.4) is 0 Å². The Morgan fingerprint density at radius 1 is 1.09 bits per heavy atom. The summed E-state index contributed by atoms with van der Waals surface area (Å²) in [6.45, 7) is 7.64. The molecule has 4 aliphatic carbocycles. The number of carbonyl (C=O) groups excluding carboxylic acids is 1. The largest absolute Gasteiger partial charge is 0.390 e. The summed E-state index contributed by atoms with van der Waals surface area (Å²) in [5.74, 6) is 3.36. The van der Waals surface area contributed by atoms with Crippen molar-refractivity contribution in [2.45, 2.75) is 110 Å². The summed E-state index contributed by atoms with van der Waals surface area (Å²) >= 11 is 0. The zero-order valence-electron chi connectivity index (χ0n) is 21.4. The number of aromatic nitrogens is 2. The molecule has 1 aromatic heterocycles. The number of Topliss-reactive ketones (excluding diaryl/α,β-unsaturated/α-hetero) is 1. The molecule has 1 aromatic rings. The molecule has 0 radical (unpaired) electrons. The maximum atomic E-state index is 13.5. The van der Waals surface area contributed by atoms with E-state index in [9.17, 15) is 9.90 Å². The van der Waals surface area contributed by atoms with Crippen molar-refractivity contribution >= 4 is 5.78 Å². The van der Waals surface area contributed by atoms with Crippen molar-refractivity contribution in [3.05, 3.63) is 18.0 Å². The van der Waals surface area contributed by atoms with Crippen LogP contribution < -0.4 is 0 Å². The number of aryl methyl sites for hydroxylation is 1. The highest BCUT2D eigenvalue weighted by Gasteiger charge is 2.59. The van der Waals surface area contributed by atoms with Crippen LogP contribution >= 0.6 is 0 Å². The third-order valence-corrected chi connectivity index (χ3v) is 11.2. The molecule has 8 atom stereocenters. The zero-order valence-corrected chi connectivity index (χ0v) is 21.4. The number of hydrogen-bond donors (Lipinski definition) is 1. The topological polar surface area (TPSA) is 78.9 Å². The molecular weight excluding hydrogens is 422 g/mol. The van der Waals surface area contributed by atoms with E-state index in [0.717, 1.165) is 37.5 Å². The van der Waals surface area contributed by atoms with E-state index in [0.29, 0.717) is 41.6 Å². The number of rotatable bonds is 4. The zero-order chi connectivity index (χ0) is 24.1. The molecule has 186 valence electrons. The van der Waals surface area contributed by atoms with Crippen LogP contribution in [0.25, 0.3) is 0 Å². The summed E-state index contributed by atoms with van der Waals surface area (Å²) in [7, 11) is 0. The van der Waals surface area contributed by atoms with Crippen molar-refractivity contribution in [2.24, 2.45) is 40.4 Å². The SMILES string of the molecule is C[C@@]1(O)CCC[C@@]2(C)[C@@H](CC[C@@H]3[C@@H]2CC[C@]2(C)[C@@H](C(=O)CCn4cc(C#N)cn4)CCC[C@@H]32)C1. The van der Waals surface area contributed by atoms with Crippen LogP contribution in [-0.2, 0) is 11.3 Å². The van der Waals surface area contributed by atoms with Crippen LogP contribution in [0.4, 0.5) is 0 Å². The van der Waals surface area contributed by atoms with Crippen LogP contribution in [0, 0.1) is 51.8 Å². The fourth-order valence-corrected chi connectivity index (χ4v) is 9.41. The molecule has 34 heavy (non-hydrogen) atoms. The first-order chi connectivity index (χ1) is 16.2. The Labute approximate surface area is 205 Å². The molecule has 5 heteroatoms. The number of nitrogens with zero attached hydrogens (tertiary/aromatic N) is 3. The molecule has 4 aliphatic rings. The first-order valence-corrected chi connectivity index (χ1v) is 13.8. The van der Waals surface area contributed by atoms with Crippen LogP contribution in [0.2, 0.25) is 0 Å². The van der Waals surface area contributed by atoms with Crippen molar-refractivity contribution < 1.29 is 9.90 Å². The Kier molecular flexibility index (Phi) is 6.20. The number of nitriles is 1. The van der Waals surface area contributed by atoms with Crippen molar-refractivity contribution in [3.63, 3.8) is 0 Å². The number of ketones is 1. The van der Waals surface area contributed by atoms with E-state index in [-0.39, 0.29) is 11.3 Å². The summed E-state index contributed by atoms with van der Waals surface area (Å²) in [5.41, 5.74) is 0.529. The molecule has 0 amide bonds. The smallest absolute Gasteiger partial charge is 0.138 e. The Morgan fingerprint density at radius 3 is 2.65 bits per heavy atom. The van der Waals surface area contributed by atoms with Gasteiger partial charge in [-0.25, -0.2) is 0 Å². The highest BCUT2D eigenvalue weighted by atomic mass is 16.3. The third-order valence-electron chi connectivity index (χ3n) is 11.2. The molecule has 0 aromatic carbocycles. The monoisotopic (exact) mass is 465 g/mol. The van der Waals surface area contributed by atoms with Crippen LogP contribution in [0.15, 0.2) is 12.4 Å². The van der Waals surface area contributed by atoms with E-state index in [4.69, 9.17) is 5.26 Å². The van der Waals surface area contributed by atoms with E-state index in [1.807, 2.05) is 0 Å². The van der Waals surface area contributed by atoms with Crippen molar-refractivity contribution in [2.75, 3.05) is 0 Å². The molecule has 0 saturated heterocycles. The van der Waals surface area contributed by atoms with Crippen LogP contribution in [-0.4, -0.2) is 26.3 Å². The minimum atomic E-state index is -0.497. The molecule has 4 fully saturated rings. The van der Waals surface area contributed by atoms with E-state index < -0.39 is 5.60 Å². The van der Waals surface area contributed by atoms with E-state index in [2.05, 4.69) is 31.9 Å². The Morgan fingerprint density at radius 2 is 1.88 bits per heavy atom. The minimum absolute atomic E-state index is 0.123. The fraction of sp³-hybridized carbons (Fsp3) is 0.828. The molecule has 4 saturated carbocycles. The average molecular weight is 466 g/mol. The van der Waals surface area contributed by atoms with E-state index >= 15 is 0 Å². The van der Waals surface area contributed by atoms with Gasteiger partial charge in [0.25, 0.3) is 0 Å². The predicted octanol–water partition coefficient (Wildman–Crippen LogP) is 5.90. The predicted molar refractivity (Wildman–Crippen MR) is 132 cm³/mol. The molecule has 1 heterocycles. The number of aliphatic hydroxyl groups is 1. The third kappa shape index (κ3) is 4.04. The summed E-state index contributed by atoms with van der Waals surface area (Å²) in [4.78, 5) is 13.5. The normalized spacial score (nSPS) is 44.1. The van der Waals surface area contributed by atoms with E-state index in [1.165, 1.54) is 44.9 Å².